The predicted octanol–water partition coefficient (Wildman–Crippen LogP) is 3.56. The zero-order valence-electron chi connectivity index (χ0n) is 13.6. The lowest BCUT2D eigenvalue weighted by Crippen LogP contribution is -2.25. The van der Waals surface area contributed by atoms with Gasteiger partial charge in [-0.3, -0.25) is 4.79 Å². The summed E-state index contributed by atoms with van der Waals surface area (Å²) in [4.78, 5) is 23.3. The van der Waals surface area contributed by atoms with Crippen molar-refractivity contribution in [1.29, 1.82) is 0 Å². The average molecular weight is 343 g/mol. The van der Waals surface area contributed by atoms with Gasteiger partial charge in [-0.05, 0) is 61.1 Å². The Morgan fingerprint density at radius 2 is 1.72 bits per heavy atom. The average Bonchev–Trinajstić information content (AvgIpc) is 2.65. The predicted molar refractivity (Wildman–Crippen MR) is 90.6 cm³/mol. The van der Waals surface area contributed by atoms with Crippen LogP contribution in [-0.4, -0.2) is 23.6 Å². The lowest BCUT2D eigenvalue weighted by atomic mass is 9.87. The maximum atomic E-state index is 14.5. The summed E-state index contributed by atoms with van der Waals surface area (Å²) in [5, 5.41) is 8.93. The number of carboxylic acid groups (broad SMARTS) is 1. The Balaban J connectivity index is 1.94. The van der Waals surface area contributed by atoms with Crippen molar-refractivity contribution in [3.8, 4) is 5.75 Å². The van der Waals surface area contributed by atoms with Gasteiger partial charge in [0.15, 0.2) is 6.61 Å². The highest BCUT2D eigenvalue weighted by Gasteiger charge is 2.25. The third-order valence-electron chi connectivity index (χ3n) is 4.23. The summed E-state index contributed by atoms with van der Waals surface area (Å²) in [6.45, 7) is -0.445. The van der Waals surface area contributed by atoms with Gasteiger partial charge in [-0.2, -0.15) is 0 Å². The molecule has 0 bridgehead atoms. The summed E-state index contributed by atoms with van der Waals surface area (Å²) in [5.74, 6) is -1.34. The van der Waals surface area contributed by atoms with Crippen molar-refractivity contribution in [3.05, 3.63) is 59.2 Å². The molecule has 5 nitrogen and oxygen atoms in total. The van der Waals surface area contributed by atoms with Gasteiger partial charge in [0.25, 0.3) is 5.91 Å². The van der Waals surface area contributed by atoms with Gasteiger partial charge >= 0.3 is 5.97 Å². The molecule has 0 spiro atoms. The fraction of sp³-hybridized carbons (Fsp3) is 0.263. The number of fused-ring (bicyclic) bond motifs is 1. The molecule has 6 heteroatoms. The first kappa shape index (κ1) is 17.0. The lowest BCUT2D eigenvalue weighted by molar-refractivity contribution is -0.139. The maximum Gasteiger partial charge on any atom is 0.341 e. The number of carbonyl (C=O) groups excluding carboxylic acids is 1. The van der Waals surface area contributed by atoms with E-state index in [1.165, 1.54) is 18.2 Å². The number of nitrogens with zero attached hydrogens (tertiary/aromatic N) is 1. The highest BCUT2D eigenvalue weighted by molar-refractivity contribution is 6.06. The normalized spacial score (nSPS) is 13.0. The first-order valence-corrected chi connectivity index (χ1v) is 8.12. The van der Waals surface area contributed by atoms with Gasteiger partial charge in [0.1, 0.15) is 5.75 Å². The quantitative estimate of drug-likeness (QED) is 0.843. The Bertz CT molecular complexity index is 792. The molecule has 0 radical (unpaired) electrons. The van der Waals surface area contributed by atoms with Crippen LogP contribution in [0.4, 0.5) is 10.2 Å². The van der Waals surface area contributed by atoms with Crippen molar-refractivity contribution < 1.29 is 23.9 Å². The number of carbonyl (C=O) groups is 2. The number of benzene rings is 2. The van der Waals surface area contributed by atoms with Crippen LogP contribution in [0.1, 0.15) is 34.3 Å². The van der Waals surface area contributed by atoms with E-state index < -0.39 is 18.5 Å². The first-order valence-electron chi connectivity index (χ1n) is 8.12. The SMILES string of the molecule is O=C(O)COc1ccc(C(=O)N(F)c2ccccc2)c2c1CCCC2. The van der Waals surface area contributed by atoms with Gasteiger partial charge in [0, 0.05) is 5.56 Å². The first-order chi connectivity index (χ1) is 12.1. The lowest BCUT2D eigenvalue weighted by Gasteiger charge is -2.23. The van der Waals surface area contributed by atoms with Gasteiger partial charge in [-0.15, -0.1) is 5.12 Å². The van der Waals surface area contributed by atoms with Gasteiger partial charge in [-0.1, -0.05) is 22.7 Å². The van der Waals surface area contributed by atoms with Crippen molar-refractivity contribution in [2.75, 3.05) is 11.7 Å². The van der Waals surface area contributed by atoms with Crippen LogP contribution >= 0.6 is 0 Å². The molecule has 0 heterocycles. The number of ether oxygens (including phenoxy) is 1. The van der Waals surface area contributed by atoms with Gasteiger partial charge in [0.2, 0.25) is 0 Å². The van der Waals surface area contributed by atoms with E-state index in [-0.39, 0.29) is 10.8 Å². The molecule has 130 valence electrons. The van der Waals surface area contributed by atoms with Gasteiger partial charge in [-0.25, -0.2) is 4.79 Å². The molecule has 3 rings (SSSR count). The summed E-state index contributed by atoms with van der Waals surface area (Å²) in [6, 6.07) is 11.2. The van der Waals surface area contributed by atoms with E-state index in [0.717, 1.165) is 24.0 Å². The number of hydrogen-bond acceptors (Lipinski definition) is 3. The van der Waals surface area contributed by atoms with Crippen molar-refractivity contribution in [3.63, 3.8) is 0 Å². The highest BCUT2D eigenvalue weighted by atomic mass is 19.2. The summed E-state index contributed by atoms with van der Waals surface area (Å²) in [5.41, 5.74) is 2.02. The van der Waals surface area contributed by atoms with E-state index in [1.807, 2.05) is 0 Å². The minimum Gasteiger partial charge on any atom is -0.482 e. The molecule has 0 saturated carbocycles. The molecule has 0 saturated heterocycles. The van der Waals surface area contributed by atoms with E-state index in [4.69, 9.17) is 9.84 Å². The molecule has 1 N–H and O–H groups in total. The van der Waals surface area contributed by atoms with E-state index in [2.05, 4.69) is 0 Å². The second kappa shape index (κ2) is 7.34. The molecular formula is C19H18FNO4. The van der Waals surface area contributed by atoms with Crippen LogP contribution in [0.3, 0.4) is 0 Å². The smallest absolute Gasteiger partial charge is 0.341 e. The van der Waals surface area contributed by atoms with E-state index in [1.54, 1.807) is 24.3 Å². The van der Waals surface area contributed by atoms with Crippen LogP contribution in [0, 0.1) is 0 Å². The zero-order valence-corrected chi connectivity index (χ0v) is 13.6. The van der Waals surface area contributed by atoms with Crippen LogP contribution in [0.2, 0.25) is 0 Å². The van der Waals surface area contributed by atoms with Gasteiger partial charge in [0.05, 0.1) is 5.69 Å². The number of halogens is 1. The van der Waals surface area contributed by atoms with Crippen molar-refractivity contribution in [2.45, 2.75) is 25.7 Å². The summed E-state index contributed by atoms with van der Waals surface area (Å²) in [6.07, 6.45) is 3.14. The number of aliphatic carboxylic acids is 1. The number of hydrogen-bond donors (Lipinski definition) is 1. The highest BCUT2D eigenvalue weighted by Crippen LogP contribution is 2.33. The second-order valence-electron chi connectivity index (χ2n) is 5.88. The topological polar surface area (TPSA) is 66.8 Å². The molecule has 1 aliphatic rings. The number of carboxylic acids is 1. The Hall–Kier alpha value is -2.89. The maximum absolute atomic E-state index is 14.5. The van der Waals surface area contributed by atoms with Gasteiger partial charge < -0.3 is 9.84 Å². The fourth-order valence-corrected chi connectivity index (χ4v) is 3.09. The second-order valence-corrected chi connectivity index (χ2v) is 5.88. The molecule has 25 heavy (non-hydrogen) atoms. The third-order valence-corrected chi connectivity index (χ3v) is 4.23. The number of rotatable bonds is 5. The largest absolute Gasteiger partial charge is 0.482 e. The van der Waals surface area contributed by atoms with Crippen LogP contribution < -0.4 is 9.86 Å². The van der Waals surface area contributed by atoms with Crippen molar-refractivity contribution in [2.24, 2.45) is 0 Å². The minimum atomic E-state index is -1.07. The van der Waals surface area contributed by atoms with Crippen molar-refractivity contribution in [1.82, 2.24) is 0 Å². The van der Waals surface area contributed by atoms with Crippen molar-refractivity contribution >= 4 is 17.6 Å². The van der Waals surface area contributed by atoms with Crippen LogP contribution in [-0.2, 0) is 17.6 Å². The third kappa shape index (κ3) is 3.63. The van der Waals surface area contributed by atoms with E-state index >= 15 is 0 Å². The molecule has 1 aliphatic carbocycles. The Morgan fingerprint density at radius 3 is 2.40 bits per heavy atom. The van der Waals surface area contributed by atoms with Crippen LogP contribution in [0.5, 0.6) is 5.75 Å². The summed E-state index contributed by atoms with van der Waals surface area (Å²) >= 11 is 0. The number of anilines is 1. The Morgan fingerprint density at radius 1 is 1.04 bits per heavy atom. The van der Waals surface area contributed by atoms with Crippen LogP contribution in [0.25, 0.3) is 0 Å². The van der Waals surface area contributed by atoms with E-state index in [0.29, 0.717) is 24.2 Å². The van der Waals surface area contributed by atoms with E-state index in [9.17, 15) is 14.1 Å². The standard InChI is InChI=1S/C19H18FNO4/c20-21(13-6-2-1-3-7-13)19(24)16-10-11-17(25-12-18(22)23)15-9-5-4-8-14(15)16/h1-3,6-7,10-11H,4-5,8-9,12H2,(H,22,23). The monoisotopic (exact) mass is 343 g/mol. The molecule has 0 aromatic heterocycles. The molecule has 2 aromatic carbocycles. The number of para-hydroxylation sites is 1. The Labute approximate surface area is 144 Å². The molecular weight excluding hydrogens is 325 g/mol. The molecule has 2 aromatic rings. The van der Waals surface area contributed by atoms with Crippen LogP contribution in [0.15, 0.2) is 42.5 Å². The minimum absolute atomic E-state index is 0.141. The molecule has 0 unspecified atom stereocenters. The molecule has 0 aliphatic heterocycles. The Kier molecular flexibility index (Phi) is 4.97. The molecule has 0 fully saturated rings. The summed E-state index contributed by atoms with van der Waals surface area (Å²) < 4.78 is 19.8. The fourth-order valence-electron chi connectivity index (χ4n) is 3.09. The number of amides is 1. The molecule has 1 amide bonds. The molecule has 0 atom stereocenters. The summed E-state index contributed by atoms with van der Waals surface area (Å²) in [7, 11) is 0. The zero-order chi connectivity index (χ0) is 17.8.